The zero-order chi connectivity index (χ0) is 11.7. The van der Waals surface area contributed by atoms with E-state index < -0.39 is 14.2 Å². The fourth-order valence-corrected chi connectivity index (χ4v) is 1.44. The summed E-state index contributed by atoms with van der Waals surface area (Å²) in [6.07, 6.45) is 3.67. The van der Waals surface area contributed by atoms with Crippen LogP contribution in [0.15, 0.2) is 0 Å². The quantitative estimate of drug-likeness (QED) is 0.440. The second-order valence-corrected chi connectivity index (χ2v) is 9.53. The van der Waals surface area contributed by atoms with E-state index in [2.05, 4.69) is 49.9 Å². The molecule has 1 nitrogen and oxygen atoms in total. The molecule has 0 aliphatic heterocycles. The summed E-state index contributed by atoms with van der Waals surface area (Å²) in [7, 11) is -1.31. The lowest BCUT2D eigenvalue weighted by atomic mass is 10.1. The molecule has 0 aliphatic carbocycles. The third-order valence-electron chi connectivity index (χ3n) is 1.82. The maximum absolute atomic E-state index is 9.48. The predicted molar refractivity (Wildman–Crippen MR) is 69.0 cm³/mol. The first-order valence-corrected chi connectivity index (χ1v) is 9.16. The summed E-state index contributed by atoms with van der Waals surface area (Å²) in [4.78, 5) is 0. The van der Waals surface area contributed by atoms with Crippen LogP contribution in [-0.2, 0) is 0 Å². The van der Waals surface area contributed by atoms with Crippen LogP contribution >= 0.6 is 0 Å². The highest BCUT2D eigenvalue weighted by Crippen LogP contribution is 2.02. The van der Waals surface area contributed by atoms with E-state index in [-0.39, 0.29) is 0 Å². The van der Waals surface area contributed by atoms with Gasteiger partial charge in [-0.1, -0.05) is 45.3 Å². The van der Waals surface area contributed by atoms with Gasteiger partial charge < -0.3 is 5.11 Å². The standard InChI is InChI=1S/C13H22OSi/c1-5-6-7-10-13(14)11-8-9-12-15(2,3)4/h13-14H,5-7,10H2,1-4H3. The minimum absolute atomic E-state index is 0.493. The fraction of sp³-hybridized carbons (Fsp3) is 0.692. The van der Waals surface area contributed by atoms with Gasteiger partial charge in [-0.3, -0.25) is 0 Å². The lowest BCUT2D eigenvalue weighted by molar-refractivity contribution is 0.217. The topological polar surface area (TPSA) is 20.2 Å². The Morgan fingerprint density at radius 2 is 1.80 bits per heavy atom. The van der Waals surface area contributed by atoms with Crippen molar-refractivity contribution in [2.75, 3.05) is 0 Å². The van der Waals surface area contributed by atoms with Crippen LogP contribution < -0.4 is 0 Å². The lowest BCUT2D eigenvalue weighted by Crippen LogP contribution is -2.16. The molecule has 0 heterocycles. The number of hydrogen-bond acceptors (Lipinski definition) is 1. The molecule has 1 atom stereocenters. The van der Waals surface area contributed by atoms with Crippen LogP contribution in [0.2, 0.25) is 19.6 Å². The van der Waals surface area contributed by atoms with Gasteiger partial charge in [0.2, 0.25) is 0 Å². The largest absolute Gasteiger partial charge is 0.380 e. The first-order valence-electron chi connectivity index (χ1n) is 5.66. The Bertz CT molecular complexity index is 280. The van der Waals surface area contributed by atoms with Crippen molar-refractivity contribution >= 4 is 8.07 Å². The van der Waals surface area contributed by atoms with Gasteiger partial charge in [0.15, 0.2) is 0 Å². The SMILES string of the molecule is CCCCCC(O)C#CC#C[Si](C)(C)C. The third kappa shape index (κ3) is 11.2. The summed E-state index contributed by atoms with van der Waals surface area (Å²) in [5.74, 6) is 8.35. The van der Waals surface area contributed by atoms with Crippen LogP contribution in [0.25, 0.3) is 0 Å². The van der Waals surface area contributed by atoms with Gasteiger partial charge in [-0.2, -0.15) is 0 Å². The second-order valence-electron chi connectivity index (χ2n) is 4.78. The third-order valence-corrected chi connectivity index (χ3v) is 2.69. The van der Waals surface area contributed by atoms with Crippen LogP contribution in [-0.4, -0.2) is 19.3 Å². The average molecular weight is 222 g/mol. The number of aliphatic hydroxyl groups excluding tert-OH is 1. The van der Waals surface area contributed by atoms with Crippen molar-refractivity contribution in [2.24, 2.45) is 0 Å². The summed E-state index contributed by atoms with van der Waals surface area (Å²) < 4.78 is 0. The molecule has 0 spiro atoms. The van der Waals surface area contributed by atoms with E-state index in [1.165, 1.54) is 12.8 Å². The summed E-state index contributed by atoms with van der Waals surface area (Å²) in [6.45, 7) is 8.69. The molecule has 0 amide bonds. The summed E-state index contributed by atoms with van der Waals surface area (Å²) in [5, 5.41) is 9.48. The van der Waals surface area contributed by atoms with Crippen LogP contribution in [0, 0.1) is 23.3 Å². The van der Waals surface area contributed by atoms with E-state index in [0.717, 1.165) is 12.8 Å². The molecule has 84 valence electrons. The van der Waals surface area contributed by atoms with E-state index >= 15 is 0 Å². The van der Waals surface area contributed by atoms with Crippen molar-refractivity contribution in [1.82, 2.24) is 0 Å². The molecular weight excluding hydrogens is 200 g/mol. The molecule has 0 saturated heterocycles. The first-order chi connectivity index (χ1) is 6.95. The Kier molecular flexibility index (Phi) is 7.22. The number of unbranched alkanes of at least 4 members (excludes halogenated alkanes) is 2. The molecule has 1 unspecified atom stereocenters. The smallest absolute Gasteiger partial charge is 0.130 e. The van der Waals surface area contributed by atoms with Crippen LogP contribution in [0.1, 0.15) is 32.6 Å². The maximum atomic E-state index is 9.48. The lowest BCUT2D eigenvalue weighted by Gasteiger charge is -2.02. The monoisotopic (exact) mass is 222 g/mol. The van der Waals surface area contributed by atoms with Crippen molar-refractivity contribution in [3.05, 3.63) is 0 Å². The minimum atomic E-state index is -1.31. The molecular formula is C13H22OSi. The zero-order valence-electron chi connectivity index (χ0n) is 10.4. The normalized spacial score (nSPS) is 12.1. The van der Waals surface area contributed by atoms with E-state index in [1.807, 2.05) is 0 Å². The predicted octanol–water partition coefficient (Wildman–Crippen LogP) is 2.81. The second kappa shape index (κ2) is 7.57. The highest BCUT2D eigenvalue weighted by molar-refractivity contribution is 6.83. The Morgan fingerprint density at radius 3 is 2.33 bits per heavy atom. The van der Waals surface area contributed by atoms with Gasteiger partial charge in [0, 0.05) is 0 Å². The molecule has 0 aliphatic rings. The van der Waals surface area contributed by atoms with Crippen molar-refractivity contribution in [3.63, 3.8) is 0 Å². The van der Waals surface area contributed by atoms with Gasteiger partial charge in [0.25, 0.3) is 0 Å². The van der Waals surface area contributed by atoms with Crippen molar-refractivity contribution < 1.29 is 5.11 Å². The Balaban J connectivity index is 3.89. The summed E-state index contributed by atoms with van der Waals surface area (Å²) in [5.41, 5.74) is 3.15. The number of hydrogen-bond donors (Lipinski definition) is 1. The van der Waals surface area contributed by atoms with Gasteiger partial charge >= 0.3 is 0 Å². The maximum Gasteiger partial charge on any atom is 0.130 e. The fourth-order valence-electron chi connectivity index (χ4n) is 0.998. The molecule has 15 heavy (non-hydrogen) atoms. The zero-order valence-corrected chi connectivity index (χ0v) is 11.4. The first kappa shape index (κ1) is 14.3. The van der Waals surface area contributed by atoms with Crippen LogP contribution in [0.3, 0.4) is 0 Å². The van der Waals surface area contributed by atoms with E-state index in [9.17, 15) is 5.11 Å². The highest BCUT2D eigenvalue weighted by Gasteiger charge is 2.06. The summed E-state index contributed by atoms with van der Waals surface area (Å²) in [6, 6.07) is 0. The van der Waals surface area contributed by atoms with E-state index in [0.29, 0.717) is 0 Å². The van der Waals surface area contributed by atoms with Gasteiger partial charge in [0.05, 0.1) is 0 Å². The van der Waals surface area contributed by atoms with Crippen molar-refractivity contribution in [2.45, 2.75) is 58.4 Å². The highest BCUT2D eigenvalue weighted by atomic mass is 28.3. The van der Waals surface area contributed by atoms with Gasteiger partial charge in [-0.05, 0) is 24.7 Å². The minimum Gasteiger partial charge on any atom is -0.380 e. The van der Waals surface area contributed by atoms with Crippen molar-refractivity contribution in [1.29, 1.82) is 0 Å². The molecule has 0 bridgehead atoms. The van der Waals surface area contributed by atoms with E-state index in [4.69, 9.17) is 0 Å². The summed E-state index contributed by atoms with van der Waals surface area (Å²) >= 11 is 0. The Morgan fingerprint density at radius 1 is 1.13 bits per heavy atom. The van der Waals surface area contributed by atoms with E-state index in [1.54, 1.807) is 0 Å². The molecule has 1 N–H and O–H groups in total. The molecule has 0 rings (SSSR count). The number of rotatable bonds is 4. The van der Waals surface area contributed by atoms with Crippen LogP contribution in [0.5, 0.6) is 0 Å². The molecule has 0 saturated carbocycles. The molecule has 0 aromatic carbocycles. The van der Waals surface area contributed by atoms with Gasteiger partial charge in [-0.25, -0.2) is 0 Å². The van der Waals surface area contributed by atoms with Crippen molar-refractivity contribution in [3.8, 4) is 23.3 Å². The average Bonchev–Trinajstić information content (AvgIpc) is 2.11. The van der Waals surface area contributed by atoms with Crippen LogP contribution in [0.4, 0.5) is 0 Å². The van der Waals surface area contributed by atoms with Gasteiger partial charge in [-0.15, -0.1) is 5.54 Å². The molecule has 0 aromatic rings. The Hall–Kier alpha value is -0.703. The molecule has 0 radical (unpaired) electrons. The molecule has 2 heteroatoms. The molecule has 0 fully saturated rings. The number of aliphatic hydroxyl groups is 1. The molecule has 0 aromatic heterocycles. The van der Waals surface area contributed by atoms with Gasteiger partial charge in [0.1, 0.15) is 14.2 Å². The Labute approximate surface area is 95.3 Å².